The van der Waals surface area contributed by atoms with Crippen molar-refractivity contribution in [2.45, 2.75) is 105 Å². The zero-order valence-corrected chi connectivity index (χ0v) is 34.8. The molecule has 0 atom stereocenters. The molecule has 0 aliphatic heterocycles. The summed E-state index contributed by atoms with van der Waals surface area (Å²) in [6, 6.07) is 0. The van der Waals surface area contributed by atoms with E-state index in [2.05, 4.69) is 92.9 Å². The van der Waals surface area contributed by atoms with Gasteiger partial charge in [-0.3, -0.25) is 37.1 Å². The van der Waals surface area contributed by atoms with Gasteiger partial charge in [0.15, 0.2) is 0 Å². The zero-order chi connectivity index (χ0) is 43.6. The molecule has 20 nitrogen and oxygen atoms in total. The molecule has 0 aromatic heterocycles. The molecule has 51 heavy (non-hydrogen) atoms. The van der Waals surface area contributed by atoms with Gasteiger partial charge in [-0.1, -0.05) is 23.3 Å². The summed E-state index contributed by atoms with van der Waals surface area (Å²) < 4.78 is 204. The first-order chi connectivity index (χ1) is 20.5. The van der Waals surface area contributed by atoms with Crippen LogP contribution in [0.25, 0.3) is 0 Å². The van der Waals surface area contributed by atoms with Crippen molar-refractivity contribution in [3.63, 3.8) is 0 Å². The average molecular weight is 948 g/mol. The molecule has 1 radical (unpaired) electrons. The van der Waals surface area contributed by atoms with Crippen LogP contribution in [0.5, 0.6) is 0 Å². The monoisotopic (exact) mass is 947 g/mol. The standard InChI is InChI=1S/C18H40N2.Cu.6FHO3S/c1-15(2,3)19(16(4,5)6)13-14-20(17(7,8)9)18(10,11)12;;6*1-5(2,3)4/h13-14H2,1-12H3;;6*(H,2,3,4). The maximum Gasteiger partial charge on any atom is 0.435 e. The fraction of sp³-hybridized carbons (Fsp3) is 1.00. The smallest absolute Gasteiger partial charge is 0.292 e. The number of rotatable bonds is 3. The fourth-order valence-electron chi connectivity index (χ4n) is 3.55. The molecule has 0 aliphatic rings. The summed E-state index contributed by atoms with van der Waals surface area (Å²) in [5.74, 6) is 0. The summed E-state index contributed by atoms with van der Waals surface area (Å²) in [6.07, 6.45) is 0. The van der Waals surface area contributed by atoms with Crippen molar-refractivity contribution >= 4 is 63.0 Å². The second kappa shape index (κ2) is 25.5. The zero-order valence-electron chi connectivity index (χ0n) is 28.9. The van der Waals surface area contributed by atoms with Crippen molar-refractivity contribution in [3.8, 4) is 0 Å². The molecule has 0 spiro atoms. The summed E-state index contributed by atoms with van der Waals surface area (Å²) in [7, 11) is -31.0. The molecule has 0 rings (SSSR count). The van der Waals surface area contributed by atoms with Gasteiger partial charge in [-0.25, -0.2) is 0 Å². The van der Waals surface area contributed by atoms with Gasteiger partial charge in [0.2, 0.25) is 0 Å². The minimum absolute atomic E-state index is 0. The maximum absolute atomic E-state index is 10.2. The third kappa shape index (κ3) is 138. The van der Waals surface area contributed by atoms with Gasteiger partial charge in [-0.15, -0.1) is 0 Å². The Morgan fingerprint density at radius 2 is 0.392 bits per heavy atom. The number of nitrogens with zero attached hydrogens (tertiary/aromatic N) is 2. The van der Waals surface area contributed by atoms with E-state index >= 15 is 0 Å². The van der Waals surface area contributed by atoms with Crippen LogP contribution in [0.15, 0.2) is 0 Å². The van der Waals surface area contributed by atoms with Gasteiger partial charge in [0.25, 0.3) is 0 Å². The molecule has 33 heteroatoms. The van der Waals surface area contributed by atoms with Crippen LogP contribution in [0, 0.1) is 0 Å². The second-order valence-corrected chi connectivity index (χ2v) is 17.4. The van der Waals surface area contributed by atoms with E-state index in [1.807, 2.05) is 0 Å². The molecule has 0 aliphatic carbocycles. The maximum atomic E-state index is 10.2. The first-order valence-corrected chi connectivity index (χ1v) is 20.1. The van der Waals surface area contributed by atoms with E-state index in [0.29, 0.717) is 0 Å². The molecule has 0 saturated carbocycles. The molecule has 0 amide bonds. The van der Waals surface area contributed by atoms with E-state index in [9.17, 15) is 23.3 Å². The van der Waals surface area contributed by atoms with E-state index < -0.39 is 63.0 Å². The van der Waals surface area contributed by atoms with Crippen molar-refractivity contribution in [3.05, 3.63) is 0 Å². The van der Waals surface area contributed by atoms with Crippen molar-refractivity contribution in [2.75, 3.05) is 13.1 Å². The first kappa shape index (κ1) is 68.5. The molecule has 325 valence electrons. The van der Waals surface area contributed by atoms with Crippen LogP contribution in [0.3, 0.4) is 0 Å². The Morgan fingerprint density at radius 3 is 0.431 bits per heavy atom. The molecular weight excluding hydrogens is 902 g/mol. The van der Waals surface area contributed by atoms with Gasteiger partial charge in [-0.05, 0) is 83.1 Å². The van der Waals surface area contributed by atoms with Gasteiger partial charge >= 0.3 is 63.0 Å². The molecule has 6 N–H and O–H groups in total. The Kier molecular flexibility index (Phi) is 34.3. The van der Waals surface area contributed by atoms with Crippen molar-refractivity contribution in [2.24, 2.45) is 0 Å². The van der Waals surface area contributed by atoms with Crippen LogP contribution in [0.2, 0.25) is 0 Å². The normalized spacial score (nSPS) is 12.8. The molecule has 0 fully saturated rings. The Morgan fingerprint density at radius 1 is 0.333 bits per heavy atom. The van der Waals surface area contributed by atoms with Crippen molar-refractivity contribution in [1.29, 1.82) is 0 Å². The summed E-state index contributed by atoms with van der Waals surface area (Å²) >= 11 is 0. The van der Waals surface area contributed by atoms with Gasteiger partial charge in [0, 0.05) is 52.3 Å². The summed E-state index contributed by atoms with van der Waals surface area (Å²) in [4.78, 5) is 5.23. The summed E-state index contributed by atoms with van der Waals surface area (Å²) in [5, 5.41) is 0. The van der Waals surface area contributed by atoms with Crippen molar-refractivity contribution in [1.82, 2.24) is 9.80 Å². The third-order valence-corrected chi connectivity index (χ3v) is 3.79. The predicted molar refractivity (Wildman–Crippen MR) is 168 cm³/mol. The van der Waals surface area contributed by atoms with Gasteiger partial charge in [0.1, 0.15) is 0 Å². The van der Waals surface area contributed by atoms with E-state index in [0.717, 1.165) is 13.1 Å². The largest absolute Gasteiger partial charge is 0.435 e. The Balaban J connectivity index is -0.0000000813. The molecular formula is C18H46CuF6N2O18S6. The molecule has 0 saturated heterocycles. The Bertz CT molecular complexity index is 1260. The number of hydrogen-bond donors (Lipinski definition) is 6. The quantitative estimate of drug-likeness (QED) is 0.102. The van der Waals surface area contributed by atoms with Gasteiger partial charge in [0.05, 0.1) is 0 Å². The average Bonchev–Trinajstić information content (AvgIpc) is 2.51. The van der Waals surface area contributed by atoms with Crippen LogP contribution in [0.4, 0.5) is 23.3 Å². The number of halogens is 6. The van der Waals surface area contributed by atoms with Crippen LogP contribution < -0.4 is 0 Å². The first-order valence-electron chi connectivity index (χ1n) is 12.0. The van der Waals surface area contributed by atoms with Crippen LogP contribution >= 0.6 is 0 Å². The van der Waals surface area contributed by atoms with Gasteiger partial charge < -0.3 is 0 Å². The molecule has 0 aromatic rings. The third-order valence-electron chi connectivity index (χ3n) is 3.79. The molecule has 0 aromatic carbocycles. The topological polar surface area (TPSA) is 333 Å². The molecule has 0 unspecified atom stereocenters. The summed E-state index contributed by atoms with van der Waals surface area (Å²) in [6.45, 7) is 30.0. The predicted octanol–water partition coefficient (Wildman–Crippen LogP) is 3.33. The Labute approximate surface area is 308 Å². The van der Waals surface area contributed by atoms with E-state index in [4.69, 9.17) is 77.8 Å². The van der Waals surface area contributed by atoms with Crippen LogP contribution in [-0.2, 0) is 80.1 Å². The second-order valence-electron chi connectivity index (χ2n) is 12.5. The van der Waals surface area contributed by atoms with Crippen LogP contribution in [-0.4, -0.2) is 123 Å². The fourth-order valence-corrected chi connectivity index (χ4v) is 3.55. The Hall–Kier alpha value is -0.521. The van der Waals surface area contributed by atoms with E-state index in [1.165, 1.54) is 0 Å². The van der Waals surface area contributed by atoms with Crippen molar-refractivity contribution < 1.29 is 118 Å². The number of hydrogen-bond acceptors (Lipinski definition) is 14. The SMILES string of the molecule is CC(C)(C)N(CCN(C(C)(C)C)C(C)(C)C)C(C)(C)C.O=S(=O)(O)F.O=S(=O)(O)F.O=S(=O)(O)F.O=S(=O)(O)F.O=S(=O)(O)F.O=S(=O)(O)F.[Cu]. The minimum Gasteiger partial charge on any atom is -0.292 e. The summed E-state index contributed by atoms with van der Waals surface area (Å²) in [5.41, 5.74) is 0.777. The van der Waals surface area contributed by atoms with Gasteiger partial charge in [-0.2, -0.15) is 50.5 Å². The van der Waals surface area contributed by atoms with E-state index in [1.54, 1.807) is 0 Å². The molecule has 0 bridgehead atoms. The van der Waals surface area contributed by atoms with E-state index in [-0.39, 0.29) is 39.2 Å². The molecule has 0 heterocycles. The van der Waals surface area contributed by atoms with Crippen LogP contribution in [0.1, 0.15) is 83.1 Å². The minimum atomic E-state index is -5.17.